The second kappa shape index (κ2) is 8.57. The Kier molecular flexibility index (Phi) is 8.26. The quantitative estimate of drug-likeness (QED) is 0.692. The highest BCUT2D eigenvalue weighted by atomic mass is 16.2. The molecule has 0 aliphatic heterocycles. The van der Waals surface area contributed by atoms with Crippen molar-refractivity contribution in [1.29, 1.82) is 0 Å². The number of hydrogen-bond donors (Lipinski definition) is 1. The molecule has 0 aliphatic carbocycles. The van der Waals surface area contributed by atoms with Crippen LogP contribution in [0, 0.1) is 11.8 Å². The molecule has 1 amide bonds. The Hall–Kier alpha value is -0.570. The van der Waals surface area contributed by atoms with E-state index in [2.05, 4.69) is 20.8 Å². The molecule has 0 aliphatic rings. The maximum Gasteiger partial charge on any atom is 0.222 e. The number of carbonyl (C=O) groups is 1. The molecular weight excluding hydrogens is 200 g/mol. The number of unbranched alkanes of at least 4 members (excludes halogenated alkanes) is 1. The molecule has 0 rings (SSSR count). The van der Waals surface area contributed by atoms with Crippen LogP contribution in [0.25, 0.3) is 0 Å². The highest BCUT2D eigenvalue weighted by molar-refractivity contribution is 5.76. The van der Waals surface area contributed by atoms with Crippen molar-refractivity contribution in [2.45, 2.75) is 46.5 Å². The van der Waals surface area contributed by atoms with Gasteiger partial charge in [0.25, 0.3) is 0 Å². The number of carbonyl (C=O) groups excluding carboxylic acids is 1. The van der Waals surface area contributed by atoms with Crippen LogP contribution in [0.1, 0.15) is 46.5 Å². The van der Waals surface area contributed by atoms with E-state index in [9.17, 15) is 4.79 Å². The van der Waals surface area contributed by atoms with Crippen molar-refractivity contribution in [1.82, 2.24) is 4.90 Å². The molecule has 0 aromatic heterocycles. The molecule has 0 radical (unpaired) electrons. The van der Waals surface area contributed by atoms with Crippen molar-refractivity contribution >= 4 is 5.91 Å². The summed E-state index contributed by atoms with van der Waals surface area (Å²) in [4.78, 5) is 13.7. The molecule has 0 fully saturated rings. The Morgan fingerprint density at radius 3 is 2.44 bits per heavy atom. The van der Waals surface area contributed by atoms with Gasteiger partial charge in [-0.25, -0.2) is 0 Å². The molecule has 0 bridgehead atoms. The summed E-state index contributed by atoms with van der Waals surface area (Å²) in [5.41, 5.74) is 5.70. The van der Waals surface area contributed by atoms with Gasteiger partial charge in [0.2, 0.25) is 5.91 Å². The van der Waals surface area contributed by atoms with E-state index in [0.717, 1.165) is 25.8 Å². The second-order valence-electron chi connectivity index (χ2n) is 5.10. The lowest BCUT2D eigenvalue weighted by Crippen LogP contribution is -2.31. The zero-order chi connectivity index (χ0) is 12.6. The minimum Gasteiger partial charge on any atom is -0.346 e. The van der Waals surface area contributed by atoms with Crippen molar-refractivity contribution in [2.75, 3.05) is 20.1 Å². The predicted molar refractivity (Wildman–Crippen MR) is 69.2 cm³/mol. The molecule has 3 nitrogen and oxygen atoms in total. The van der Waals surface area contributed by atoms with Gasteiger partial charge in [-0.1, -0.05) is 27.2 Å². The van der Waals surface area contributed by atoms with Crippen LogP contribution in [0.2, 0.25) is 0 Å². The summed E-state index contributed by atoms with van der Waals surface area (Å²) < 4.78 is 0. The van der Waals surface area contributed by atoms with E-state index >= 15 is 0 Å². The Morgan fingerprint density at radius 1 is 1.38 bits per heavy atom. The first-order valence-electron chi connectivity index (χ1n) is 6.45. The fourth-order valence-electron chi connectivity index (χ4n) is 1.85. The van der Waals surface area contributed by atoms with Crippen molar-refractivity contribution < 1.29 is 4.79 Å². The Labute approximate surface area is 100 Å². The molecule has 0 saturated heterocycles. The normalized spacial score (nSPS) is 12.9. The van der Waals surface area contributed by atoms with Gasteiger partial charge in [0.05, 0.1) is 0 Å². The molecule has 2 N–H and O–H groups in total. The Balaban J connectivity index is 3.98. The monoisotopic (exact) mass is 228 g/mol. The third-order valence-electron chi connectivity index (χ3n) is 2.87. The molecule has 16 heavy (non-hydrogen) atoms. The van der Waals surface area contributed by atoms with E-state index in [1.807, 2.05) is 11.9 Å². The van der Waals surface area contributed by atoms with Gasteiger partial charge in [0.1, 0.15) is 0 Å². The highest BCUT2D eigenvalue weighted by Gasteiger charge is 2.16. The van der Waals surface area contributed by atoms with Crippen LogP contribution < -0.4 is 5.73 Å². The first-order valence-corrected chi connectivity index (χ1v) is 6.45. The number of amides is 1. The molecule has 0 unspecified atom stereocenters. The fourth-order valence-corrected chi connectivity index (χ4v) is 1.85. The summed E-state index contributed by atoms with van der Waals surface area (Å²) in [6, 6.07) is 0. The van der Waals surface area contributed by atoms with Crippen LogP contribution in [0.3, 0.4) is 0 Å². The van der Waals surface area contributed by atoms with E-state index in [0.29, 0.717) is 24.8 Å². The molecule has 1 atom stereocenters. The smallest absolute Gasteiger partial charge is 0.222 e. The van der Waals surface area contributed by atoms with Gasteiger partial charge in [-0.3, -0.25) is 4.79 Å². The standard InChI is InChI=1S/C13H28N2O/c1-5-6-7-15(4)13(16)9-12(10-14)8-11(2)3/h11-12H,5-10,14H2,1-4H3/t12-/m0/s1. The van der Waals surface area contributed by atoms with Crippen molar-refractivity contribution in [3.05, 3.63) is 0 Å². The molecular formula is C13H28N2O. The van der Waals surface area contributed by atoms with E-state index in [-0.39, 0.29) is 5.91 Å². The summed E-state index contributed by atoms with van der Waals surface area (Å²) in [7, 11) is 1.89. The molecule has 96 valence electrons. The van der Waals surface area contributed by atoms with Gasteiger partial charge in [-0.2, -0.15) is 0 Å². The summed E-state index contributed by atoms with van der Waals surface area (Å²) in [6.45, 7) is 7.97. The maximum absolute atomic E-state index is 11.9. The van der Waals surface area contributed by atoms with E-state index < -0.39 is 0 Å². The summed E-state index contributed by atoms with van der Waals surface area (Å²) in [5, 5.41) is 0. The van der Waals surface area contributed by atoms with Gasteiger partial charge < -0.3 is 10.6 Å². The molecule has 0 spiro atoms. The fraction of sp³-hybridized carbons (Fsp3) is 0.923. The number of nitrogens with two attached hydrogens (primary N) is 1. The Bertz CT molecular complexity index is 192. The SMILES string of the molecule is CCCCN(C)C(=O)C[C@@H](CN)CC(C)C. The lowest BCUT2D eigenvalue weighted by atomic mass is 9.94. The largest absolute Gasteiger partial charge is 0.346 e. The molecule has 0 saturated carbocycles. The van der Waals surface area contributed by atoms with Crippen molar-refractivity contribution in [3.8, 4) is 0 Å². The van der Waals surface area contributed by atoms with E-state index in [1.165, 1.54) is 0 Å². The van der Waals surface area contributed by atoms with Gasteiger partial charge in [0.15, 0.2) is 0 Å². The molecule has 0 aromatic rings. The topological polar surface area (TPSA) is 46.3 Å². The van der Waals surface area contributed by atoms with Gasteiger partial charge in [0, 0.05) is 20.0 Å². The third-order valence-corrected chi connectivity index (χ3v) is 2.87. The first-order chi connectivity index (χ1) is 7.51. The number of hydrogen-bond acceptors (Lipinski definition) is 2. The average Bonchev–Trinajstić information content (AvgIpc) is 2.23. The predicted octanol–water partition coefficient (Wildman–Crippen LogP) is 2.26. The summed E-state index contributed by atoms with van der Waals surface area (Å²) in [5.74, 6) is 1.20. The average molecular weight is 228 g/mol. The zero-order valence-corrected chi connectivity index (χ0v) is 11.3. The lowest BCUT2D eigenvalue weighted by molar-refractivity contribution is -0.131. The summed E-state index contributed by atoms with van der Waals surface area (Å²) >= 11 is 0. The summed E-state index contributed by atoms with van der Waals surface area (Å²) in [6.07, 6.45) is 3.86. The van der Waals surface area contributed by atoms with Crippen molar-refractivity contribution in [2.24, 2.45) is 17.6 Å². The number of nitrogens with zero attached hydrogens (tertiary/aromatic N) is 1. The minimum absolute atomic E-state index is 0.240. The molecule has 0 heterocycles. The third kappa shape index (κ3) is 6.83. The van der Waals surface area contributed by atoms with Crippen LogP contribution in [0.4, 0.5) is 0 Å². The van der Waals surface area contributed by atoms with Crippen LogP contribution >= 0.6 is 0 Å². The van der Waals surface area contributed by atoms with Crippen LogP contribution in [0.15, 0.2) is 0 Å². The first kappa shape index (κ1) is 15.4. The molecule has 3 heteroatoms. The van der Waals surface area contributed by atoms with Crippen LogP contribution in [-0.2, 0) is 4.79 Å². The van der Waals surface area contributed by atoms with Crippen LogP contribution in [-0.4, -0.2) is 30.9 Å². The van der Waals surface area contributed by atoms with E-state index in [4.69, 9.17) is 5.73 Å². The lowest BCUT2D eigenvalue weighted by Gasteiger charge is -2.21. The van der Waals surface area contributed by atoms with Gasteiger partial charge >= 0.3 is 0 Å². The van der Waals surface area contributed by atoms with E-state index in [1.54, 1.807) is 0 Å². The molecule has 0 aromatic carbocycles. The van der Waals surface area contributed by atoms with Gasteiger partial charge in [-0.15, -0.1) is 0 Å². The minimum atomic E-state index is 0.240. The van der Waals surface area contributed by atoms with Crippen LogP contribution in [0.5, 0.6) is 0 Å². The maximum atomic E-state index is 11.9. The van der Waals surface area contributed by atoms with Crippen molar-refractivity contribution in [3.63, 3.8) is 0 Å². The van der Waals surface area contributed by atoms with Gasteiger partial charge in [-0.05, 0) is 31.2 Å². The number of rotatable bonds is 8. The Morgan fingerprint density at radius 2 is 2.00 bits per heavy atom. The second-order valence-corrected chi connectivity index (χ2v) is 5.10. The zero-order valence-electron chi connectivity index (χ0n) is 11.3. The highest BCUT2D eigenvalue weighted by Crippen LogP contribution is 2.15.